The molecule has 0 aromatic carbocycles. The quantitative estimate of drug-likeness (QED) is 0.663. The summed E-state index contributed by atoms with van der Waals surface area (Å²) < 4.78 is 50.2. The second-order valence-corrected chi connectivity index (χ2v) is 5.95. The number of rotatable bonds is 6. The van der Waals surface area contributed by atoms with E-state index in [-0.39, 0.29) is 23.8 Å². The summed E-state index contributed by atoms with van der Waals surface area (Å²) in [6.45, 7) is -0.120. The normalized spacial score (nSPS) is 12.4. The monoisotopic (exact) mass is 412 g/mol. The van der Waals surface area contributed by atoms with E-state index in [0.717, 1.165) is 0 Å². The molecule has 7 nitrogen and oxygen atoms in total. The Kier molecular flexibility index (Phi) is 5.78. The van der Waals surface area contributed by atoms with Crippen molar-refractivity contribution in [3.8, 4) is 5.75 Å². The molecule has 3 heterocycles. The Labute approximate surface area is 161 Å². The molecule has 1 amide bonds. The zero-order valence-corrected chi connectivity index (χ0v) is 14.7. The molecule has 146 valence electrons. The van der Waals surface area contributed by atoms with Crippen molar-refractivity contribution in [1.82, 2.24) is 20.4 Å². The van der Waals surface area contributed by atoms with Crippen LogP contribution in [0.4, 0.5) is 13.2 Å². The summed E-state index contributed by atoms with van der Waals surface area (Å²) in [5.41, 5.74) is -0.670. The summed E-state index contributed by atoms with van der Waals surface area (Å²) >= 11 is 5.78. The minimum atomic E-state index is -4.74. The standard InChI is InChI=1S/C17H12ClF3N4O3/c18-10-5-11(8-22-7-10)27-9-12-6-14(25-28-12)16(26)24-15(17(19,20)21)13-3-1-2-4-23-13/h1-8,15H,9H2,(H,24,26). The van der Waals surface area contributed by atoms with E-state index in [0.29, 0.717) is 10.8 Å². The highest BCUT2D eigenvalue weighted by atomic mass is 35.5. The third-order valence-electron chi connectivity index (χ3n) is 3.44. The van der Waals surface area contributed by atoms with Gasteiger partial charge in [0.05, 0.1) is 16.9 Å². The molecule has 0 saturated carbocycles. The Morgan fingerprint density at radius 1 is 1.29 bits per heavy atom. The van der Waals surface area contributed by atoms with Crippen LogP contribution in [-0.4, -0.2) is 27.2 Å². The lowest BCUT2D eigenvalue weighted by atomic mass is 10.1. The summed E-state index contributed by atoms with van der Waals surface area (Å²) in [7, 11) is 0. The van der Waals surface area contributed by atoms with E-state index in [9.17, 15) is 18.0 Å². The number of nitrogens with zero attached hydrogens (tertiary/aromatic N) is 3. The number of aromatic nitrogens is 3. The van der Waals surface area contributed by atoms with E-state index < -0.39 is 18.1 Å². The van der Waals surface area contributed by atoms with Gasteiger partial charge in [-0.3, -0.25) is 14.8 Å². The topological polar surface area (TPSA) is 90.1 Å². The molecule has 28 heavy (non-hydrogen) atoms. The highest BCUT2D eigenvalue weighted by Gasteiger charge is 2.43. The Balaban J connectivity index is 1.67. The fourth-order valence-corrected chi connectivity index (χ4v) is 2.35. The Hall–Kier alpha value is -3.14. The molecule has 0 aliphatic rings. The molecule has 0 fully saturated rings. The van der Waals surface area contributed by atoms with Gasteiger partial charge in [0, 0.05) is 24.5 Å². The SMILES string of the molecule is O=C(NC(c1ccccn1)C(F)(F)F)c1cc(COc2cncc(Cl)c2)on1. The highest BCUT2D eigenvalue weighted by Crippen LogP contribution is 2.31. The van der Waals surface area contributed by atoms with E-state index in [2.05, 4.69) is 15.1 Å². The number of alkyl halides is 3. The third-order valence-corrected chi connectivity index (χ3v) is 3.65. The Bertz CT molecular complexity index is 950. The second kappa shape index (κ2) is 8.26. The molecule has 3 aromatic heterocycles. The van der Waals surface area contributed by atoms with Crippen molar-refractivity contribution in [2.75, 3.05) is 0 Å². The zero-order chi connectivity index (χ0) is 20.1. The summed E-state index contributed by atoms with van der Waals surface area (Å²) in [6, 6.07) is 4.44. The molecule has 0 radical (unpaired) electrons. The molecule has 3 aromatic rings. The number of hydrogen-bond donors (Lipinski definition) is 1. The molecule has 11 heteroatoms. The first-order valence-electron chi connectivity index (χ1n) is 7.80. The van der Waals surface area contributed by atoms with Crippen molar-refractivity contribution in [3.63, 3.8) is 0 Å². The first-order chi connectivity index (χ1) is 13.3. The van der Waals surface area contributed by atoms with Crippen LogP contribution in [0.1, 0.15) is 28.0 Å². The number of pyridine rings is 2. The van der Waals surface area contributed by atoms with Crippen molar-refractivity contribution in [3.05, 3.63) is 71.1 Å². The van der Waals surface area contributed by atoms with Gasteiger partial charge in [-0.05, 0) is 12.1 Å². The largest absolute Gasteiger partial charge is 0.484 e. The van der Waals surface area contributed by atoms with E-state index >= 15 is 0 Å². The molecule has 1 atom stereocenters. The maximum Gasteiger partial charge on any atom is 0.414 e. The first-order valence-corrected chi connectivity index (χ1v) is 8.18. The summed E-state index contributed by atoms with van der Waals surface area (Å²) in [5.74, 6) is -0.582. The van der Waals surface area contributed by atoms with Crippen LogP contribution in [-0.2, 0) is 6.61 Å². The lowest BCUT2D eigenvalue weighted by Gasteiger charge is -2.20. The van der Waals surface area contributed by atoms with Crippen LogP contribution >= 0.6 is 11.6 Å². The Morgan fingerprint density at radius 3 is 2.79 bits per heavy atom. The van der Waals surface area contributed by atoms with Gasteiger partial charge in [-0.25, -0.2) is 0 Å². The molecular formula is C17H12ClF3N4O3. The van der Waals surface area contributed by atoms with Crippen molar-refractivity contribution in [2.45, 2.75) is 18.8 Å². The van der Waals surface area contributed by atoms with Gasteiger partial charge >= 0.3 is 6.18 Å². The van der Waals surface area contributed by atoms with Crippen LogP contribution in [0, 0.1) is 0 Å². The molecule has 0 bridgehead atoms. The van der Waals surface area contributed by atoms with Gasteiger partial charge in [0.2, 0.25) is 0 Å². The molecular weight excluding hydrogens is 401 g/mol. The summed E-state index contributed by atoms with van der Waals surface area (Å²) in [4.78, 5) is 19.7. The van der Waals surface area contributed by atoms with Gasteiger partial charge in [-0.2, -0.15) is 13.2 Å². The molecule has 1 unspecified atom stereocenters. The second-order valence-electron chi connectivity index (χ2n) is 5.51. The fraction of sp³-hybridized carbons (Fsp3) is 0.176. The van der Waals surface area contributed by atoms with E-state index in [1.54, 1.807) is 0 Å². The smallest absolute Gasteiger partial charge is 0.414 e. The van der Waals surface area contributed by atoms with E-state index in [1.807, 2.05) is 5.32 Å². The minimum absolute atomic E-state index is 0.120. The van der Waals surface area contributed by atoms with Gasteiger partial charge < -0.3 is 14.6 Å². The third kappa shape index (κ3) is 4.97. The number of carbonyl (C=O) groups excluding carboxylic acids is 1. The number of nitrogens with one attached hydrogen (secondary N) is 1. The molecule has 0 aliphatic heterocycles. The Morgan fingerprint density at radius 2 is 2.11 bits per heavy atom. The van der Waals surface area contributed by atoms with Gasteiger partial charge in [0.25, 0.3) is 5.91 Å². The predicted octanol–water partition coefficient (Wildman–Crippen LogP) is 3.73. The van der Waals surface area contributed by atoms with Crippen molar-refractivity contribution in [2.24, 2.45) is 0 Å². The number of ether oxygens (including phenoxy) is 1. The van der Waals surface area contributed by atoms with Crippen LogP contribution in [0.2, 0.25) is 5.02 Å². The van der Waals surface area contributed by atoms with Gasteiger partial charge in [0.15, 0.2) is 17.5 Å². The maximum atomic E-state index is 13.3. The van der Waals surface area contributed by atoms with Gasteiger partial charge in [-0.15, -0.1) is 0 Å². The fourth-order valence-electron chi connectivity index (χ4n) is 2.19. The van der Waals surface area contributed by atoms with Crippen LogP contribution < -0.4 is 10.1 Å². The zero-order valence-electron chi connectivity index (χ0n) is 14.0. The average molecular weight is 413 g/mol. The predicted molar refractivity (Wildman–Crippen MR) is 90.6 cm³/mol. The number of carbonyl (C=O) groups is 1. The van der Waals surface area contributed by atoms with E-state index in [1.165, 1.54) is 48.9 Å². The number of hydrogen-bond acceptors (Lipinski definition) is 6. The lowest BCUT2D eigenvalue weighted by molar-refractivity contribution is -0.156. The first kappa shape index (κ1) is 19.6. The lowest BCUT2D eigenvalue weighted by Crippen LogP contribution is -2.38. The van der Waals surface area contributed by atoms with Gasteiger partial charge in [-0.1, -0.05) is 22.8 Å². The molecule has 1 N–H and O–H groups in total. The van der Waals surface area contributed by atoms with Gasteiger partial charge in [0.1, 0.15) is 12.4 Å². The summed E-state index contributed by atoms with van der Waals surface area (Å²) in [5, 5.41) is 5.71. The molecule has 0 saturated heterocycles. The molecule has 3 rings (SSSR count). The summed E-state index contributed by atoms with van der Waals surface area (Å²) in [6.07, 6.45) is -0.698. The van der Waals surface area contributed by atoms with Crippen LogP contribution in [0.5, 0.6) is 5.75 Å². The maximum absolute atomic E-state index is 13.3. The van der Waals surface area contributed by atoms with Crippen molar-refractivity contribution in [1.29, 1.82) is 0 Å². The van der Waals surface area contributed by atoms with Crippen molar-refractivity contribution >= 4 is 17.5 Å². The number of halogens is 4. The molecule has 0 spiro atoms. The minimum Gasteiger partial charge on any atom is -0.484 e. The van der Waals surface area contributed by atoms with E-state index in [4.69, 9.17) is 20.9 Å². The van der Waals surface area contributed by atoms with Crippen molar-refractivity contribution < 1.29 is 27.2 Å². The van der Waals surface area contributed by atoms with Crippen LogP contribution in [0.25, 0.3) is 0 Å². The average Bonchev–Trinajstić information content (AvgIpc) is 3.13. The van der Waals surface area contributed by atoms with Crippen LogP contribution in [0.15, 0.2) is 53.4 Å². The number of amides is 1. The van der Waals surface area contributed by atoms with Crippen LogP contribution in [0.3, 0.4) is 0 Å². The highest BCUT2D eigenvalue weighted by molar-refractivity contribution is 6.30. The molecule has 0 aliphatic carbocycles.